The van der Waals surface area contributed by atoms with E-state index in [1.807, 2.05) is 13.8 Å². The van der Waals surface area contributed by atoms with Gasteiger partial charge in [-0.15, -0.1) is 0 Å². The lowest BCUT2D eigenvalue weighted by Crippen LogP contribution is -2.32. The molecule has 19 heavy (non-hydrogen) atoms. The molecule has 1 aromatic rings. The van der Waals surface area contributed by atoms with Crippen molar-refractivity contribution in [2.75, 3.05) is 44.4 Å². The number of ether oxygens (including phenoxy) is 1. The minimum absolute atomic E-state index is 0.0353. The van der Waals surface area contributed by atoms with Crippen molar-refractivity contribution in [2.24, 2.45) is 0 Å². The molecule has 0 bridgehead atoms. The van der Waals surface area contributed by atoms with E-state index in [1.165, 1.54) is 0 Å². The first-order chi connectivity index (χ1) is 9.10. The number of nitrogens with zero attached hydrogens (tertiary/aromatic N) is 4. The van der Waals surface area contributed by atoms with Gasteiger partial charge in [0.1, 0.15) is 0 Å². The van der Waals surface area contributed by atoms with Gasteiger partial charge in [0.25, 0.3) is 0 Å². The van der Waals surface area contributed by atoms with Crippen LogP contribution in [0.1, 0.15) is 13.8 Å². The highest BCUT2D eigenvalue weighted by Gasteiger charge is 2.09. The van der Waals surface area contributed by atoms with Crippen LogP contribution in [0.4, 0.5) is 11.9 Å². The predicted octanol–water partition coefficient (Wildman–Crippen LogP) is 0.202. The number of nitrogens with one attached hydrogen (secondary N) is 2. The number of likely N-dealkylation sites (N-methyl/N-ethyl adjacent to an activating group) is 1. The molecule has 106 valence electrons. The molecule has 0 atom stereocenters. The Kier molecular flexibility index (Phi) is 5.77. The lowest BCUT2D eigenvalue weighted by molar-refractivity contribution is -0.127. The molecule has 1 amide bonds. The molecule has 8 heteroatoms. The number of carbonyl (C=O) groups is 1. The van der Waals surface area contributed by atoms with Gasteiger partial charge >= 0.3 is 6.01 Å². The number of hydrogen-bond acceptors (Lipinski definition) is 7. The van der Waals surface area contributed by atoms with Gasteiger partial charge in [-0.3, -0.25) is 4.79 Å². The van der Waals surface area contributed by atoms with E-state index in [0.29, 0.717) is 25.0 Å². The second-order valence-corrected chi connectivity index (χ2v) is 3.71. The average Bonchev–Trinajstić information content (AvgIpc) is 2.43. The van der Waals surface area contributed by atoms with Gasteiger partial charge in [-0.05, 0) is 13.8 Å². The van der Waals surface area contributed by atoms with Crippen LogP contribution in [0.2, 0.25) is 0 Å². The summed E-state index contributed by atoms with van der Waals surface area (Å²) in [5.41, 5.74) is 0. The van der Waals surface area contributed by atoms with Crippen LogP contribution in [0.3, 0.4) is 0 Å². The first kappa shape index (κ1) is 14.9. The van der Waals surface area contributed by atoms with E-state index in [4.69, 9.17) is 4.74 Å². The molecule has 0 fully saturated rings. The topological polar surface area (TPSA) is 92.3 Å². The van der Waals surface area contributed by atoms with Crippen LogP contribution in [0.5, 0.6) is 6.01 Å². The van der Waals surface area contributed by atoms with Crippen molar-refractivity contribution in [2.45, 2.75) is 13.8 Å². The summed E-state index contributed by atoms with van der Waals surface area (Å²) in [5.74, 6) is 0.657. The minimum atomic E-state index is -0.0353. The molecule has 0 aliphatic heterocycles. The van der Waals surface area contributed by atoms with Crippen molar-refractivity contribution < 1.29 is 9.53 Å². The minimum Gasteiger partial charge on any atom is -0.464 e. The molecule has 0 saturated heterocycles. The van der Waals surface area contributed by atoms with Crippen molar-refractivity contribution in [1.82, 2.24) is 19.9 Å². The highest BCUT2D eigenvalue weighted by molar-refractivity contribution is 5.80. The number of aromatic nitrogens is 3. The average molecular weight is 268 g/mol. The molecule has 0 aromatic carbocycles. The SMILES string of the molecule is CCOc1nc(NC)nc(NCC(=O)N(C)CC)n1. The Morgan fingerprint density at radius 2 is 1.95 bits per heavy atom. The normalized spacial score (nSPS) is 9.89. The van der Waals surface area contributed by atoms with E-state index in [9.17, 15) is 4.79 Å². The van der Waals surface area contributed by atoms with E-state index >= 15 is 0 Å². The van der Waals surface area contributed by atoms with E-state index in [0.717, 1.165) is 0 Å². The van der Waals surface area contributed by atoms with E-state index in [-0.39, 0.29) is 18.5 Å². The van der Waals surface area contributed by atoms with Crippen LogP contribution < -0.4 is 15.4 Å². The second kappa shape index (κ2) is 7.34. The third-order valence-electron chi connectivity index (χ3n) is 2.41. The maximum Gasteiger partial charge on any atom is 0.323 e. The number of carbonyl (C=O) groups excluding carboxylic acids is 1. The summed E-state index contributed by atoms with van der Waals surface area (Å²) in [7, 11) is 3.44. The zero-order valence-corrected chi connectivity index (χ0v) is 11.7. The quantitative estimate of drug-likeness (QED) is 0.729. The van der Waals surface area contributed by atoms with Crippen molar-refractivity contribution in [3.05, 3.63) is 0 Å². The van der Waals surface area contributed by atoms with Gasteiger partial charge in [-0.1, -0.05) is 0 Å². The summed E-state index contributed by atoms with van der Waals surface area (Å²) >= 11 is 0. The third kappa shape index (κ3) is 4.57. The number of amides is 1. The van der Waals surface area contributed by atoms with Crippen LogP contribution in [-0.2, 0) is 4.79 Å². The summed E-state index contributed by atoms with van der Waals surface area (Å²) in [6.45, 7) is 5.00. The lowest BCUT2D eigenvalue weighted by Gasteiger charge is -2.15. The molecular weight excluding hydrogens is 248 g/mol. The molecule has 0 unspecified atom stereocenters. The van der Waals surface area contributed by atoms with Crippen LogP contribution in [0.15, 0.2) is 0 Å². The highest BCUT2D eigenvalue weighted by Crippen LogP contribution is 2.10. The summed E-state index contributed by atoms with van der Waals surface area (Å²) < 4.78 is 5.23. The zero-order chi connectivity index (χ0) is 14.3. The molecule has 1 aromatic heterocycles. The summed E-state index contributed by atoms with van der Waals surface area (Å²) in [6, 6.07) is 0.223. The largest absolute Gasteiger partial charge is 0.464 e. The Morgan fingerprint density at radius 3 is 2.53 bits per heavy atom. The van der Waals surface area contributed by atoms with Crippen molar-refractivity contribution in [3.63, 3.8) is 0 Å². The van der Waals surface area contributed by atoms with Gasteiger partial charge in [0.15, 0.2) is 0 Å². The number of hydrogen-bond donors (Lipinski definition) is 2. The van der Waals surface area contributed by atoms with E-state index in [1.54, 1.807) is 19.0 Å². The second-order valence-electron chi connectivity index (χ2n) is 3.71. The summed E-state index contributed by atoms with van der Waals surface area (Å²) in [4.78, 5) is 25.5. The Labute approximate surface area is 112 Å². The Bertz CT molecular complexity index is 426. The Hall–Kier alpha value is -2.12. The summed E-state index contributed by atoms with van der Waals surface area (Å²) in [6.07, 6.45) is 0. The molecule has 8 nitrogen and oxygen atoms in total. The van der Waals surface area contributed by atoms with Gasteiger partial charge in [-0.2, -0.15) is 15.0 Å². The fourth-order valence-electron chi connectivity index (χ4n) is 1.21. The van der Waals surface area contributed by atoms with Crippen molar-refractivity contribution >= 4 is 17.8 Å². The van der Waals surface area contributed by atoms with Gasteiger partial charge in [-0.25, -0.2) is 0 Å². The van der Waals surface area contributed by atoms with E-state index in [2.05, 4.69) is 25.6 Å². The number of anilines is 2. The molecule has 0 saturated carbocycles. The number of rotatable bonds is 7. The van der Waals surface area contributed by atoms with E-state index < -0.39 is 0 Å². The fraction of sp³-hybridized carbons (Fsp3) is 0.636. The fourth-order valence-corrected chi connectivity index (χ4v) is 1.21. The van der Waals surface area contributed by atoms with Crippen molar-refractivity contribution in [3.8, 4) is 6.01 Å². The molecule has 0 aliphatic rings. The molecular formula is C11H20N6O2. The van der Waals surface area contributed by atoms with Gasteiger partial charge in [0.05, 0.1) is 13.2 Å². The Morgan fingerprint density at radius 1 is 1.26 bits per heavy atom. The van der Waals surface area contributed by atoms with Crippen LogP contribution in [0.25, 0.3) is 0 Å². The zero-order valence-electron chi connectivity index (χ0n) is 11.7. The maximum atomic E-state index is 11.7. The van der Waals surface area contributed by atoms with Crippen LogP contribution >= 0.6 is 0 Å². The lowest BCUT2D eigenvalue weighted by atomic mass is 10.5. The van der Waals surface area contributed by atoms with Gasteiger partial charge in [0.2, 0.25) is 17.8 Å². The maximum absolute atomic E-state index is 11.7. The standard InChI is InChI=1S/C11H20N6O2/c1-5-17(4)8(18)7-13-10-14-9(12-3)15-11(16-10)19-6-2/h5-7H2,1-4H3,(H2,12,13,14,15,16). The van der Waals surface area contributed by atoms with Gasteiger partial charge < -0.3 is 20.3 Å². The molecule has 0 radical (unpaired) electrons. The van der Waals surface area contributed by atoms with Gasteiger partial charge in [0, 0.05) is 20.6 Å². The monoisotopic (exact) mass is 268 g/mol. The Balaban J connectivity index is 2.71. The molecule has 0 aliphatic carbocycles. The molecule has 1 rings (SSSR count). The molecule has 0 spiro atoms. The predicted molar refractivity (Wildman–Crippen MR) is 72.3 cm³/mol. The van der Waals surface area contributed by atoms with Crippen LogP contribution in [-0.4, -0.2) is 59.6 Å². The first-order valence-electron chi connectivity index (χ1n) is 6.15. The molecule has 2 N–H and O–H groups in total. The highest BCUT2D eigenvalue weighted by atomic mass is 16.5. The third-order valence-corrected chi connectivity index (χ3v) is 2.41. The summed E-state index contributed by atoms with van der Waals surface area (Å²) in [5, 5.41) is 5.67. The molecule has 1 heterocycles. The smallest absolute Gasteiger partial charge is 0.323 e. The first-order valence-corrected chi connectivity index (χ1v) is 6.15. The van der Waals surface area contributed by atoms with Crippen LogP contribution in [0, 0.1) is 0 Å². The van der Waals surface area contributed by atoms with Crippen molar-refractivity contribution in [1.29, 1.82) is 0 Å².